The van der Waals surface area contributed by atoms with Crippen LogP contribution in [0.25, 0.3) is 0 Å². The van der Waals surface area contributed by atoms with Gasteiger partial charge < -0.3 is 10.2 Å². The lowest BCUT2D eigenvalue weighted by atomic mass is 10.2. The zero-order valence-electron chi connectivity index (χ0n) is 10.8. The maximum Gasteiger partial charge on any atom is 0.416 e. The van der Waals surface area contributed by atoms with E-state index in [0.29, 0.717) is 0 Å². The second kappa shape index (κ2) is 6.28. The Morgan fingerprint density at radius 3 is 2.26 bits per heavy atom. The molecule has 5 heteroatoms. The molecule has 0 bridgehead atoms. The zero-order valence-corrected chi connectivity index (χ0v) is 10.8. The van der Waals surface area contributed by atoms with Crippen molar-refractivity contribution < 1.29 is 13.2 Å². The number of anilines is 1. The van der Waals surface area contributed by atoms with Gasteiger partial charge in [0.05, 0.1) is 5.56 Å². The molecule has 0 saturated carbocycles. The number of nitrogens with one attached hydrogen (secondary N) is 1. The van der Waals surface area contributed by atoms with Crippen LogP contribution >= 0.6 is 0 Å². The van der Waals surface area contributed by atoms with Crippen molar-refractivity contribution in [3.05, 3.63) is 29.8 Å². The van der Waals surface area contributed by atoms with Crippen LogP contribution in [0.15, 0.2) is 24.3 Å². The standard InChI is InChI=1S/C14H19F3N2/c15-14(16,17)12-4-6-13(7-5-12)18-8-3-11-19-9-1-2-10-19/h4-7,18H,1-3,8-11H2. The molecule has 2 nitrogen and oxygen atoms in total. The van der Waals surface area contributed by atoms with Crippen molar-refractivity contribution in [3.63, 3.8) is 0 Å². The summed E-state index contributed by atoms with van der Waals surface area (Å²) in [5, 5.41) is 3.15. The highest BCUT2D eigenvalue weighted by Crippen LogP contribution is 2.29. The van der Waals surface area contributed by atoms with Crippen molar-refractivity contribution >= 4 is 5.69 Å². The van der Waals surface area contributed by atoms with Crippen LogP contribution in [-0.4, -0.2) is 31.1 Å². The van der Waals surface area contributed by atoms with Gasteiger partial charge in [-0.05, 0) is 63.2 Å². The number of nitrogens with zero attached hydrogens (tertiary/aromatic N) is 1. The topological polar surface area (TPSA) is 15.3 Å². The van der Waals surface area contributed by atoms with E-state index in [4.69, 9.17) is 0 Å². The van der Waals surface area contributed by atoms with Gasteiger partial charge in [0.25, 0.3) is 0 Å². The predicted molar refractivity (Wildman–Crippen MR) is 70.2 cm³/mol. The summed E-state index contributed by atoms with van der Waals surface area (Å²) in [6.07, 6.45) is -0.673. The van der Waals surface area contributed by atoms with E-state index in [1.54, 1.807) is 0 Å². The van der Waals surface area contributed by atoms with Gasteiger partial charge in [-0.2, -0.15) is 13.2 Å². The Bertz CT molecular complexity index is 381. The number of rotatable bonds is 5. The molecule has 1 N–H and O–H groups in total. The zero-order chi connectivity index (χ0) is 13.7. The lowest BCUT2D eigenvalue weighted by molar-refractivity contribution is -0.137. The molecule has 0 atom stereocenters. The molecule has 1 saturated heterocycles. The number of benzene rings is 1. The first-order valence-corrected chi connectivity index (χ1v) is 6.69. The molecule has 0 unspecified atom stereocenters. The first kappa shape index (κ1) is 14.2. The van der Waals surface area contributed by atoms with Crippen LogP contribution in [0.5, 0.6) is 0 Å². The maximum atomic E-state index is 12.4. The van der Waals surface area contributed by atoms with Crippen LogP contribution < -0.4 is 5.32 Å². The van der Waals surface area contributed by atoms with Gasteiger partial charge in [0.1, 0.15) is 0 Å². The van der Waals surface area contributed by atoms with E-state index >= 15 is 0 Å². The van der Waals surface area contributed by atoms with Crippen LogP contribution in [0.4, 0.5) is 18.9 Å². The molecule has 0 spiro atoms. The molecule has 1 heterocycles. The Kier molecular flexibility index (Phi) is 4.69. The Labute approximate surface area is 111 Å². The molecule has 1 aromatic carbocycles. The molecule has 0 radical (unpaired) electrons. The largest absolute Gasteiger partial charge is 0.416 e. The highest BCUT2D eigenvalue weighted by atomic mass is 19.4. The Morgan fingerprint density at radius 2 is 1.68 bits per heavy atom. The minimum Gasteiger partial charge on any atom is -0.385 e. The second-order valence-electron chi connectivity index (χ2n) is 4.90. The van der Waals surface area contributed by atoms with Gasteiger partial charge >= 0.3 is 6.18 Å². The molecule has 0 aromatic heterocycles. The highest BCUT2D eigenvalue weighted by Gasteiger charge is 2.29. The predicted octanol–water partition coefficient (Wildman–Crippen LogP) is 3.60. The van der Waals surface area contributed by atoms with Gasteiger partial charge in [-0.1, -0.05) is 0 Å². The summed E-state index contributed by atoms with van der Waals surface area (Å²) in [6, 6.07) is 5.20. The van der Waals surface area contributed by atoms with Crippen LogP contribution in [0.3, 0.4) is 0 Å². The van der Waals surface area contributed by atoms with Gasteiger partial charge in [-0.25, -0.2) is 0 Å². The lowest BCUT2D eigenvalue weighted by Crippen LogP contribution is -2.22. The van der Waals surface area contributed by atoms with Gasteiger partial charge in [-0.15, -0.1) is 0 Å². The molecule has 106 valence electrons. The first-order valence-electron chi connectivity index (χ1n) is 6.69. The molecule has 1 fully saturated rings. The van der Waals surface area contributed by atoms with E-state index in [2.05, 4.69) is 10.2 Å². The van der Waals surface area contributed by atoms with E-state index in [1.165, 1.54) is 38.1 Å². The summed E-state index contributed by atoms with van der Waals surface area (Å²) in [7, 11) is 0. The smallest absolute Gasteiger partial charge is 0.385 e. The first-order chi connectivity index (χ1) is 9.05. The fourth-order valence-electron chi connectivity index (χ4n) is 2.32. The fraction of sp³-hybridized carbons (Fsp3) is 0.571. The van der Waals surface area contributed by atoms with Crippen LogP contribution in [0, 0.1) is 0 Å². The molecule has 19 heavy (non-hydrogen) atoms. The second-order valence-corrected chi connectivity index (χ2v) is 4.90. The monoisotopic (exact) mass is 272 g/mol. The summed E-state index contributed by atoms with van der Waals surface area (Å²) in [4.78, 5) is 2.43. The van der Waals surface area contributed by atoms with E-state index in [0.717, 1.165) is 37.3 Å². The van der Waals surface area contributed by atoms with Crippen molar-refractivity contribution in [2.75, 3.05) is 31.5 Å². The van der Waals surface area contributed by atoms with E-state index in [9.17, 15) is 13.2 Å². The van der Waals surface area contributed by atoms with Crippen LogP contribution in [0.2, 0.25) is 0 Å². The van der Waals surface area contributed by atoms with Crippen LogP contribution in [0.1, 0.15) is 24.8 Å². The minimum absolute atomic E-state index is 0.602. The third-order valence-corrected chi connectivity index (χ3v) is 3.39. The normalized spacial score (nSPS) is 16.8. The quantitative estimate of drug-likeness (QED) is 0.824. The molecule has 1 aliphatic heterocycles. The molecular formula is C14H19F3N2. The summed E-state index contributed by atoms with van der Waals surface area (Å²) >= 11 is 0. The van der Waals surface area contributed by atoms with Gasteiger partial charge in [0.15, 0.2) is 0 Å². The highest BCUT2D eigenvalue weighted by molar-refractivity contribution is 5.45. The molecule has 1 aromatic rings. The molecular weight excluding hydrogens is 253 g/mol. The molecule has 0 amide bonds. The summed E-state index contributed by atoms with van der Waals surface area (Å²) < 4.78 is 37.1. The van der Waals surface area contributed by atoms with E-state index in [1.807, 2.05) is 0 Å². The van der Waals surface area contributed by atoms with Crippen molar-refractivity contribution in [3.8, 4) is 0 Å². The van der Waals surface area contributed by atoms with Gasteiger partial charge in [0, 0.05) is 12.2 Å². The molecule has 2 rings (SSSR count). The van der Waals surface area contributed by atoms with Gasteiger partial charge in [-0.3, -0.25) is 0 Å². The van der Waals surface area contributed by atoms with Gasteiger partial charge in [0.2, 0.25) is 0 Å². The minimum atomic E-state index is -4.26. The average molecular weight is 272 g/mol. The Morgan fingerprint density at radius 1 is 1.05 bits per heavy atom. The van der Waals surface area contributed by atoms with E-state index < -0.39 is 11.7 Å². The molecule has 0 aliphatic carbocycles. The fourth-order valence-corrected chi connectivity index (χ4v) is 2.32. The third-order valence-electron chi connectivity index (χ3n) is 3.39. The molecule has 1 aliphatic rings. The van der Waals surface area contributed by atoms with E-state index in [-0.39, 0.29) is 0 Å². The van der Waals surface area contributed by atoms with Crippen molar-refractivity contribution in [1.82, 2.24) is 4.90 Å². The Balaban J connectivity index is 1.71. The third kappa shape index (κ3) is 4.42. The Hall–Kier alpha value is -1.23. The number of hydrogen-bond donors (Lipinski definition) is 1. The number of hydrogen-bond acceptors (Lipinski definition) is 2. The SMILES string of the molecule is FC(F)(F)c1ccc(NCCCN2CCCC2)cc1. The number of alkyl halides is 3. The average Bonchev–Trinajstić information content (AvgIpc) is 2.87. The lowest BCUT2D eigenvalue weighted by Gasteiger charge is -2.15. The number of likely N-dealkylation sites (tertiary alicyclic amines) is 1. The summed E-state index contributed by atoms with van der Waals surface area (Å²) in [5.41, 5.74) is 0.143. The van der Waals surface area contributed by atoms with Crippen LogP contribution in [-0.2, 0) is 6.18 Å². The van der Waals surface area contributed by atoms with Crippen molar-refractivity contribution in [1.29, 1.82) is 0 Å². The maximum absolute atomic E-state index is 12.4. The summed E-state index contributed by atoms with van der Waals surface area (Å²) in [5.74, 6) is 0. The van der Waals surface area contributed by atoms with Crippen molar-refractivity contribution in [2.45, 2.75) is 25.4 Å². The summed E-state index contributed by atoms with van der Waals surface area (Å²) in [6.45, 7) is 4.22. The van der Waals surface area contributed by atoms with Crippen molar-refractivity contribution in [2.24, 2.45) is 0 Å². The number of halogens is 3.